The number of hydrogen-bond donors (Lipinski definition) is 2. The lowest BCUT2D eigenvalue weighted by atomic mass is 10.1. The average Bonchev–Trinajstić information content (AvgIpc) is 2.85. The highest BCUT2D eigenvalue weighted by molar-refractivity contribution is 5.98. The SMILES string of the molecule is Cc1cc(C)c(NC(=O)C[NH+](C)CC(=O)c2cc(C)n(C(C)C)c2C)c(C)c1. The van der Waals surface area contributed by atoms with E-state index in [1.165, 1.54) is 5.56 Å². The third-order valence-electron chi connectivity index (χ3n) is 5.17. The molecule has 0 aliphatic heterocycles. The van der Waals surface area contributed by atoms with Crippen LogP contribution in [0.1, 0.15) is 58.3 Å². The average molecular weight is 385 g/mol. The molecule has 1 aromatic carbocycles. The van der Waals surface area contributed by atoms with Crippen molar-refractivity contribution >= 4 is 17.4 Å². The molecule has 1 atom stereocenters. The maximum Gasteiger partial charge on any atom is 0.279 e. The molecule has 1 heterocycles. The fourth-order valence-electron chi connectivity index (χ4n) is 4.12. The van der Waals surface area contributed by atoms with Gasteiger partial charge >= 0.3 is 0 Å². The van der Waals surface area contributed by atoms with Crippen LogP contribution in [0, 0.1) is 34.6 Å². The van der Waals surface area contributed by atoms with Crippen LogP contribution in [0.15, 0.2) is 18.2 Å². The van der Waals surface area contributed by atoms with Gasteiger partial charge in [-0.1, -0.05) is 17.7 Å². The standard InChI is InChI=1S/C23H33N3O2/c1-14(2)26-18(6)11-20(19(26)7)21(27)12-25(8)13-22(28)24-23-16(4)9-15(3)10-17(23)5/h9-11,14H,12-13H2,1-8H3,(H,24,28)/p+1. The highest BCUT2D eigenvalue weighted by Crippen LogP contribution is 2.22. The van der Waals surface area contributed by atoms with Gasteiger partial charge in [0, 0.05) is 28.7 Å². The summed E-state index contributed by atoms with van der Waals surface area (Å²) in [6.07, 6.45) is 0. The molecule has 1 aromatic heterocycles. The summed E-state index contributed by atoms with van der Waals surface area (Å²) in [5, 5.41) is 3.01. The van der Waals surface area contributed by atoms with E-state index in [1.807, 2.05) is 47.7 Å². The van der Waals surface area contributed by atoms with E-state index < -0.39 is 0 Å². The first-order valence-electron chi connectivity index (χ1n) is 9.91. The maximum absolute atomic E-state index is 12.8. The van der Waals surface area contributed by atoms with E-state index in [0.717, 1.165) is 38.7 Å². The normalized spacial score (nSPS) is 12.3. The highest BCUT2D eigenvalue weighted by Gasteiger charge is 2.21. The number of carbonyl (C=O) groups is 2. The van der Waals surface area contributed by atoms with Crippen LogP contribution in [-0.4, -0.2) is 36.4 Å². The number of nitrogens with zero attached hydrogens (tertiary/aromatic N) is 1. The van der Waals surface area contributed by atoms with Gasteiger partial charge in [0.15, 0.2) is 6.54 Å². The summed E-state index contributed by atoms with van der Waals surface area (Å²) >= 11 is 0. The second-order valence-electron chi connectivity index (χ2n) is 8.30. The molecule has 0 aliphatic carbocycles. The van der Waals surface area contributed by atoms with E-state index in [-0.39, 0.29) is 18.2 Å². The lowest BCUT2D eigenvalue weighted by Gasteiger charge is -2.16. The molecule has 5 heteroatoms. The first-order valence-corrected chi connectivity index (χ1v) is 9.91. The lowest BCUT2D eigenvalue weighted by molar-refractivity contribution is -0.861. The fourth-order valence-corrected chi connectivity index (χ4v) is 4.12. The topological polar surface area (TPSA) is 55.5 Å². The Labute approximate surface area is 168 Å². The summed E-state index contributed by atoms with van der Waals surface area (Å²) in [5.41, 5.74) is 7.02. The number of aromatic nitrogens is 1. The third kappa shape index (κ3) is 4.90. The number of anilines is 1. The van der Waals surface area contributed by atoms with Crippen LogP contribution < -0.4 is 10.2 Å². The maximum atomic E-state index is 12.8. The van der Waals surface area contributed by atoms with Crippen LogP contribution in [0.3, 0.4) is 0 Å². The summed E-state index contributed by atoms with van der Waals surface area (Å²) in [7, 11) is 1.88. The van der Waals surface area contributed by atoms with Crippen molar-refractivity contribution in [2.24, 2.45) is 0 Å². The minimum atomic E-state index is -0.0759. The molecule has 5 nitrogen and oxygen atoms in total. The largest absolute Gasteiger partial charge is 0.346 e. The number of carbonyl (C=O) groups excluding carboxylic acids is 2. The van der Waals surface area contributed by atoms with Gasteiger partial charge in [0.1, 0.15) is 6.54 Å². The summed E-state index contributed by atoms with van der Waals surface area (Å²) in [6, 6.07) is 6.41. The molecule has 2 rings (SSSR count). The van der Waals surface area contributed by atoms with Crippen molar-refractivity contribution in [3.8, 4) is 0 Å². The van der Waals surface area contributed by atoms with Crippen molar-refractivity contribution in [2.75, 3.05) is 25.5 Å². The second-order valence-corrected chi connectivity index (χ2v) is 8.30. The number of Topliss-reactive ketones (excluding diaryl/α,β-unsaturated/α-hetero) is 1. The molecule has 0 saturated heterocycles. The van der Waals surface area contributed by atoms with Crippen molar-refractivity contribution in [2.45, 2.75) is 54.5 Å². The van der Waals surface area contributed by atoms with Crippen LogP contribution >= 0.6 is 0 Å². The molecule has 0 spiro atoms. The molecule has 0 fully saturated rings. The van der Waals surface area contributed by atoms with Gasteiger partial charge in [-0.25, -0.2) is 0 Å². The van der Waals surface area contributed by atoms with E-state index in [0.29, 0.717) is 12.6 Å². The van der Waals surface area contributed by atoms with E-state index in [4.69, 9.17) is 0 Å². The Morgan fingerprint density at radius 2 is 1.57 bits per heavy atom. The van der Waals surface area contributed by atoms with Gasteiger partial charge in [-0.15, -0.1) is 0 Å². The Morgan fingerprint density at radius 1 is 1.00 bits per heavy atom. The Hall–Kier alpha value is -2.40. The second kappa shape index (κ2) is 8.74. The first kappa shape index (κ1) is 21.9. The van der Waals surface area contributed by atoms with E-state index in [1.54, 1.807) is 0 Å². The van der Waals surface area contributed by atoms with Crippen LogP contribution in [-0.2, 0) is 4.79 Å². The molecule has 152 valence electrons. The molecule has 0 radical (unpaired) electrons. The van der Waals surface area contributed by atoms with Crippen molar-refractivity contribution in [3.05, 3.63) is 51.8 Å². The molecule has 2 N–H and O–H groups in total. The van der Waals surface area contributed by atoms with Gasteiger partial charge in [-0.2, -0.15) is 0 Å². The highest BCUT2D eigenvalue weighted by atomic mass is 16.2. The molecule has 0 aliphatic rings. The Kier molecular flexibility index (Phi) is 6.83. The summed E-state index contributed by atoms with van der Waals surface area (Å²) in [5.74, 6) is 0.000929. The number of amides is 1. The minimum absolute atomic E-state index is 0.0759. The summed E-state index contributed by atoms with van der Waals surface area (Å²) in [4.78, 5) is 26.2. The molecule has 0 bridgehead atoms. The fraction of sp³-hybridized carbons (Fsp3) is 0.478. The number of aryl methyl sites for hydroxylation is 4. The van der Waals surface area contributed by atoms with Crippen molar-refractivity contribution in [1.82, 2.24) is 4.57 Å². The summed E-state index contributed by atoms with van der Waals surface area (Å²) in [6.45, 7) is 14.8. The third-order valence-corrected chi connectivity index (χ3v) is 5.17. The van der Waals surface area contributed by atoms with Crippen LogP contribution in [0.2, 0.25) is 0 Å². The minimum Gasteiger partial charge on any atom is -0.346 e. The molecule has 1 amide bonds. The van der Waals surface area contributed by atoms with Gasteiger partial charge in [0.05, 0.1) is 7.05 Å². The lowest BCUT2D eigenvalue weighted by Crippen LogP contribution is -3.11. The zero-order valence-corrected chi connectivity index (χ0v) is 18.5. The Bertz CT molecular complexity index is 870. The van der Waals surface area contributed by atoms with E-state index in [9.17, 15) is 9.59 Å². The zero-order chi connectivity index (χ0) is 21.2. The van der Waals surface area contributed by atoms with Crippen LogP contribution in [0.25, 0.3) is 0 Å². The molecular weight excluding hydrogens is 350 g/mol. The predicted octanol–water partition coefficient (Wildman–Crippen LogP) is 2.95. The number of hydrogen-bond acceptors (Lipinski definition) is 2. The van der Waals surface area contributed by atoms with Gasteiger partial charge in [-0.3, -0.25) is 9.59 Å². The van der Waals surface area contributed by atoms with Gasteiger partial charge in [0.25, 0.3) is 5.91 Å². The number of rotatable bonds is 7. The summed E-state index contributed by atoms with van der Waals surface area (Å²) < 4.78 is 2.18. The number of likely N-dealkylation sites (N-methyl/N-ethyl adjacent to an activating group) is 1. The van der Waals surface area contributed by atoms with Crippen molar-refractivity contribution in [3.63, 3.8) is 0 Å². The van der Waals surface area contributed by atoms with Gasteiger partial charge < -0.3 is 14.8 Å². The van der Waals surface area contributed by atoms with Gasteiger partial charge in [0.2, 0.25) is 5.78 Å². The Morgan fingerprint density at radius 3 is 2.07 bits per heavy atom. The molecule has 0 saturated carbocycles. The number of ketones is 1. The number of nitrogens with one attached hydrogen (secondary N) is 2. The number of quaternary nitrogens is 1. The van der Waals surface area contributed by atoms with Crippen molar-refractivity contribution < 1.29 is 14.5 Å². The monoisotopic (exact) mass is 384 g/mol. The molecule has 2 aromatic rings. The van der Waals surface area contributed by atoms with Gasteiger partial charge in [-0.05, 0) is 65.7 Å². The molecular formula is C23H34N3O2+. The number of benzene rings is 1. The predicted molar refractivity (Wildman–Crippen MR) is 115 cm³/mol. The van der Waals surface area contributed by atoms with Crippen LogP contribution in [0.4, 0.5) is 5.69 Å². The first-order chi connectivity index (χ1) is 13.0. The van der Waals surface area contributed by atoms with Crippen molar-refractivity contribution in [1.29, 1.82) is 0 Å². The van der Waals surface area contributed by atoms with E-state index >= 15 is 0 Å². The Balaban J connectivity index is 2.02. The zero-order valence-electron chi connectivity index (χ0n) is 18.5. The van der Waals surface area contributed by atoms with E-state index in [2.05, 4.69) is 35.9 Å². The molecule has 1 unspecified atom stereocenters. The smallest absolute Gasteiger partial charge is 0.279 e. The molecule has 28 heavy (non-hydrogen) atoms. The quantitative estimate of drug-likeness (QED) is 0.721. The van der Waals surface area contributed by atoms with Crippen LogP contribution in [0.5, 0.6) is 0 Å².